The van der Waals surface area contributed by atoms with E-state index in [2.05, 4.69) is 37.7 Å². The average molecular weight is 290 g/mol. The van der Waals surface area contributed by atoms with Crippen LogP contribution in [0.2, 0.25) is 0 Å². The normalized spacial score (nSPS) is 13.2. The van der Waals surface area contributed by atoms with E-state index in [4.69, 9.17) is 0 Å². The van der Waals surface area contributed by atoms with Crippen LogP contribution in [0, 0.1) is 5.92 Å². The Bertz CT molecular complexity index is 556. The molecule has 0 aliphatic heterocycles. The summed E-state index contributed by atoms with van der Waals surface area (Å²) in [6, 6.07) is 1.93. The topological polar surface area (TPSA) is 85.0 Å². The van der Waals surface area contributed by atoms with Gasteiger partial charge in [-0.1, -0.05) is 6.92 Å². The highest BCUT2D eigenvalue weighted by atomic mass is 15.3. The Morgan fingerprint density at radius 1 is 1.38 bits per heavy atom. The molecule has 2 aromatic heterocycles. The number of aliphatic imine (C=N–C) groups is 1. The Hall–Kier alpha value is -2.38. The molecule has 21 heavy (non-hydrogen) atoms. The van der Waals surface area contributed by atoms with E-state index in [0.29, 0.717) is 12.5 Å². The molecule has 114 valence electrons. The molecule has 0 fully saturated rings. The van der Waals surface area contributed by atoms with Crippen molar-refractivity contribution in [2.45, 2.75) is 20.0 Å². The maximum Gasteiger partial charge on any atom is 0.191 e. The summed E-state index contributed by atoms with van der Waals surface area (Å²) in [6.07, 6.45) is 5.30. The second kappa shape index (κ2) is 7.41. The number of nitrogens with zero attached hydrogens (tertiary/aromatic N) is 6. The van der Waals surface area contributed by atoms with Gasteiger partial charge in [0.15, 0.2) is 5.96 Å². The zero-order chi connectivity index (χ0) is 15.1. The van der Waals surface area contributed by atoms with Crippen LogP contribution in [0.1, 0.15) is 12.7 Å². The van der Waals surface area contributed by atoms with E-state index in [1.807, 2.05) is 24.0 Å². The van der Waals surface area contributed by atoms with E-state index in [0.717, 1.165) is 24.9 Å². The largest absolute Gasteiger partial charge is 0.356 e. The van der Waals surface area contributed by atoms with E-state index in [1.54, 1.807) is 24.3 Å². The summed E-state index contributed by atoms with van der Waals surface area (Å²) < 4.78 is 3.67. The summed E-state index contributed by atoms with van der Waals surface area (Å²) in [5.74, 6) is 2.06. The van der Waals surface area contributed by atoms with Gasteiger partial charge in [-0.2, -0.15) is 10.2 Å². The molecule has 8 heteroatoms. The van der Waals surface area contributed by atoms with Crippen molar-refractivity contribution in [3.05, 3.63) is 30.6 Å². The fourth-order valence-electron chi connectivity index (χ4n) is 1.93. The third-order valence-corrected chi connectivity index (χ3v) is 3.12. The molecule has 0 aliphatic rings. The second-order valence-corrected chi connectivity index (χ2v) is 4.94. The molecule has 2 aromatic rings. The lowest BCUT2D eigenvalue weighted by molar-refractivity contribution is 0.443. The molecule has 8 nitrogen and oxygen atoms in total. The van der Waals surface area contributed by atoms with Crippen LogP contribution in [0.15, 0.2) is 29.8 Å². The van der Waals surface area contributed by atoms with Crippen LogP contribution >= 0.6 is 0 Å². The minimum Gasteiger partial charge on any atom is -0.356 e. The van der Waals surface area contributed by atoms with Crippen molar-refractivity contribution in [1.29, 1.82) is 0 Å². The number of rotatable bonds is 6. The minimum absolute atomic E-state index is 0.443. The van der Waals surface area contributed by atoms with E-state index in [1.165, 1.54) is 0 Å². The van der Waals surface area contributed by atoms with Gasteiger partial charge in [0, 0.05) is 39.6 Å². The number of guanidine groups is 1. The molecule has 0 radical (unpaired) electrons. The maximum absolute atomic E-state index is 4.21. The van der Waals surface area contributed by atoms with Crippen LogP contribution in [-0.4, -0.2) is 44.1 Å². The zero-order valence-electron chi connectivity index (χ0n) is 12.7. The van der Waals surface area contributed by atoms with Crippen LogP contribution in [0.4, 0.5) is 0 Å². The molecule has 1 unspecified atom stereocenters. The number of aromatic nitrogens is 5. The van der Waals surface area contributed by atoms with Gasteiger partial charge < -0.3 is 10.6 Å². The van der Waals surface area contributed by atoms with Crippen molar-refractivity contribution in [2.24, 2.45) is 18.0 Å². The minimum atomic E-state index is 0.443. The molecule has 2 heterocycles. The summed E-state index contributed by atoms with van der Waals surface area (Å²) in [5, 5.41) is 14.8. The van der Waals surface area contributed by atoms with Gasteiger partial charge in [-0.15, -0.1) is 0 Å². The Balaban J connectivity index is 1.73. The van der Waals surface area contributed by atoms with Gasteiger partial charge in [-0.25, -0.2) is 4.98 Å². The van der Waals surface area contributed by atoms with E-state index in [9.17, 15) is 0 Å². The van der Waals surface area contributed by atoms with Crippen molar-refractivity contribution in [2.75, 3.05) is 13.6 Å². The SMILES string of the molecule is CN=C(NCc1ncnn1C)NCC(C)Cn1cccn1. The van der Waals surface area contributed by atoms with Gasteiger partial charge in [-0.3, -0.25) is 14.4 Å². The van der Waals surface area contributed by atoms with Crippen molar-refractivity contribution < 1.29 is 0 Å². The predicted molar refractivity (Wildman–Crippen MR) is 80.6 cm³/mol. The number of aryl methyl sites for hydroxylation is 1. The first-order valence-corrected chi connectivity index (χ1v) is 6.94. The fraction of sp³-hybridized carbons (Fsp3) is 0.538. The molecule has 0 aliphatic carbocycles. The second-order valence-electron chi connectivity index (χ2n) is 4.94. The molecule has 0 bridgehead atoms. The van der Waals surface area contributed by atoms with Gasteiger partial charge in [0.25, 0.3) is 0 Å². The molecule has 0 saturated carbocycles. The molecule has 0 aromatic carbocycles. The Morgan fingerprint density at radius 2 is 2.24 bits per heavy atom. The van der Waals surface area contributed by atoms with Gasteiger partial charge >= 0.3 is 0 Å². The number of hydrogen-bond donors (Lipinski definition) is 2. The Labute approximate surface area is 124 Å². The van der Waals surface area contributed by atoms with Gasteiger partial charge in [0.1, 0.15) is 12.2 Å². The van der Waals surface area contributed by atoms with Crippen molar-refractivity contribution >= 4 is 5.96 Å². The molecular weight excluding hydrogens is 268 g/mol. The first-order chi connectivity index (χ1) is 10.2. The van der Waals surface area contributed by atoms with Crippen LogP contribution in [0.3, 0.4) is 0 Å². The lowest BCUT2D eigenvalue weighted by atomic mass is 10.2. The maximum atomic E-state index is 4.21. The van der Waals surface area contributed by atoms with Crippen LogP contribution in [-0.2, 0) is 20.1 Å². The highest BCUT2D eigenvalue weighted by molar-refractivity contribution is 5.79. The third kappa shape index (κ3) is 4.59. The van der Waals surface area contributed by atoms with Crippen LogP contribution < -0.4 is 10.6 Å². The fourth-order valence-corrected chi connectivity index (χ4v) is 1.93. The zero-order valence-corrected chi connectivity index (χ0v) is 12.7. The van der Waals surface area contributed by atoms with Gasteiger partial charge in [0.05, 0.1) is 6.54 Å². The number of hydrogen-bond acceptors (Lipinski definition) is 4. The highest BCUT2D eigenvalue weighted by Crippen LogP contribution is 1.98. The van der Waals surface area contributed by atoms with Gasteiger partial charge in [0.2, 0.25) is 0 Å². The Morgan fingerprint density at radius 3 is 2.86 bits per heavy atom. The van der Waals surface area contributed by atoms with Crippen LogP contribution in [0.25, 0.3) is 0 Å². The molecular formula is C13H22N8. The number of nitrogens with one attached hydrogen (secondary N) is 2. The van der Waals surface area contributed by atoms with Crippen molar-refractivity contribution in [3.63, 3.8) is 0 Å². The summed E-state index contributed by atoms with van der Waals surface area (Å²) in [4.78, 5) is 8.36. The molecule has 0 saturated heterocycles. The van der Waals surface area contributed by atoms with Crippen LogP contribution in [0.5, 0.6) is 0 Å². The molecule has 2 N–H and O–H groups in total. The summed E-state index contributed by atoms with van der Waals surface area (Å²) >= 11 is 0. The quantitative estimate of drug-likeness (QED) is 0.578. The first kappa shape index (κ1) is 15.0. The molecule has 0 spiro atoms. The lowest BCUT2D eigenvalue weighted by Gasteiger charge is -2.16. The van der Waals surface area contributed by atoms with E-state index in [-0.39, 0.29) is 0 Å². The Kier molecular flexibility index (Phi) is 5.30. The van der Waals surface area contributed by atoms with Gasteiger partial charge in [-0.05, 0) is 12.0 Å². The summed E-state index contributed by atoms with van der Waals surface area (Å²) in [6.45, 7) is 4.45. The van der Waals surface area contributed by atoms with Crippen molar-refractivity contribution in [3.8, 4) is 0 Å². The van der Waals surface area contributed by atoms with E-state index < -0.39 is 0 Å². The summed E-state index contributed by atoms with van der Waals surface area (Å²) in [7, 11) is 3.62. The molecule has 2 rings (SSSR count). The third-order valence-electron chi connectivity index (χ3n) is 3.12. The average Bonchev–Trinajstić information content (AvgIpc) is 3.11. The standard InChI is InChI=1S/C13H22N8/c1-11(9-21-6-4-5-18-21)7-15-13(14-2)16-8-12-17-10-19-20(12)3/h4-6,10-11H,7-9H2,1-3H3,(H2,14,15,16). The summed E-state index contributed by atoms with van der Waals surface area (Å²) in [5.41, 5.74) is 0. The highest BCUT2D eigenvalue weighted by Gasteiger charge is 2.06. The van der Waals surface area contributed by atoms with Crippen molar-refractivity contribution in [1.82, 2.24) is 35.2 Å². The smallest absolute Gasteiger partial charge is 0.191 e. The monoisotopic (exact) mass is 290 g/mol. The lowest BCUT2D eigenvalue weighted by Crippen LogP contribution is -2.40. The predicted octanol–water partition coefficient (Wildman–Crippen LogP) is 0.0129. The first-order valence-electron chi connectivity index (χ1n) is 6.94. The molecule has 0 amide bonds. The van der Waals surface area contributed by atoms with E-state index >= 15 is 0 Å². The molecule has 1 atom stereocenters.